The molecule has 26 heavy (non-hydrogen) atoms. The van der Waals surface area contributed by atoms with Gasteiger partial charge in [-0.25, -0.2) is 0 Å². The molecule has 0 radical (unpaired) electrons. The Hall–Kier alpha value is -3.21. The summed E-state index contributed by atoms with van der Waals surface area (Å²) in [5.74, 6) is 0.118. The quantitative estimate of drug-likeness (QED) is 0.359. The van der Waals surface area contributed by atoms with E-state index in [-0.39, 0.29) is 23.6 Å². The van der Waals surface area contributed by atoms with E-state index in [1.54, 1.807) is 17.0 Å². The lowest BCUT2D eigenvalue weighted by Gasteiger charge is -2.27. The number of nitro benzene ring substituents is 1. The zero-order valence-electron chi connectivity index (χ0n) is 14.1. The summed E-state index contributed by atoms with van der Waals surface area (Å²) in [4.78, 5) is 25.4. The van der Waals surface area contributed by atoms with Crippen molar-refractivity contribution in [2.75, 3.05) is 4.90 Å². The van der Waals surface area contributed by atoms with Gasteiger partial charge in [-0.2, -0.15) is 0 Å². The fourth-order valence-corrected chi connectivity index (χ4v) is 3.78. The molecule has 1 fully saturated rings. The molecule has 2 unspecified atom stereocenters. The van der Waals surface area contributed by atoms with Crippen LogP contribution in [0.4, 0.5) is 11.4 Å². The summed E-state index contributed by atoms with van der Waals surface area (Å²) in [6.45, 7) is 0. The van der Waals surface area contributed by atoms with Gasteiger partial charge in [0.1, 0.15) is 0 Å². The van der Waals surface area contributed by atoms with Gasteiger partial charge >= 0.3 is 0 Å². The standard InChI is InChI=1S/C21H18N2O3/c24-21-19(14-15-6-2-1-3-7-15)18-8-4-5-9-20(18)22(21)16-10-12-17(13-11-16)23(25)26/h1-3,5-7,9-14,18,20H,4,8H2/b19-14+. The first-order chi connectivity index (χ1) is 12.6. The van der Waals surface area contributed by atoms with Crippen LogP contribution in [0.25, 0.3) is 6.08 Å². The number of non-ortho nitro benzene ring substituents is 1. The monoisotopic (exact) mass is 346 g/mol. The van der Waals surface area contributed by atoms with Crippen molar-refractivity contribution in [1.82, 2.24) is 0 Å². The SMILES string of the molecule is O=C1/C(=C/c2ccccc2)C2CCC=CC2N1c1ccc([N+](=O)[O-])cc1. The topological polar surface area (TPSA) is 63.5 Å². The zero-order valence-corrected chi connectivity index (χ0v) is 14.1. The molecule has 0 N–H and O–H groups in total. The highest BCUT2D eigenvalue weighted by atomic mass is 16.6. The van der Waals surface area contributed by atoms with E-state index in [0.717, 1.165) is 24.0 Å². The summed E-state index contributed by atoms with van der Waals surface area (Å²) in [7, 11) is 0. The first-order valence-corrected chi connectivity index (χ1v) is 8.66. The molecule has 1 heterocycles. The van der Waals surface area contributed by atoms with Crippen LogP contribution in [0.15, 0.2) is 72.3 Å². The summed E-state index contributed by atoms with van der Waals surface area (Å²) in [6, 6.07) is 16.0. The fourth-order valence-electron chi connectivity index (χ4n) is 3.78. The number of nitro groups is 1. The van der Waals surface area contributed by atoms with E-state index in [9.17, 15) is 14.9 Å². The Kier molecular flexibility index (Phi) is 4.13. The van der Waals surface area contributed by atoms with Crippen molar-refractivity contribution in [3.63, 3.8) is 0 Å². The first-order valence-electron chi connectivity index (χ1n) is 8.66. The van der Waals surface area contributed by atoms with Crippen molar-refractivity contribution in [3.8, 4) is 0 Å². The van der Waals surface area contributed by atoms with Gasteiger partial charge in [0.15, 0.2) is 0 Å². The van der Waals surface area contributed by atoms with E-state index in [1.807, 2.05) is 36.4 Å². The number of fused-ring (bicyclic) bond motifs is 1. The lowest BCUT2D eigenvalue weighted by Crippen LogP contribution is -2.34. The van der Waals surface area contributed by atoms with Crippen LogP contribution in [0, 0.1) is 16.0 Å². The molecule has 0 aromatic heterocycles. The Balaban J connectivity index is 1.74. The van der Waals surface area contributed by atoms with Crippen LogP contribution in [0.2, 0.25) is 0 Å². The molecule has 5 nitrogen and oxygen atoms in total. The number of anilines is 1. The Morgan fingerprint density at radius 2 is 1.81 bits per heavy atom. The molecular formula is C21H18N2O3. The molecule has 0 spiro atoms. The van der Waals surface area contributed by atoms with Crippen molar-refractivity contribution in [2.24, 2.45) is 5.92 Å². The highest BCUT2D eigenvalue weighted by Gasteiger charge is 2.43. The molecule has 130 valence electrons. The molecule has 0 saturated carbocycles. The molecular weight excluding hydrogens is 328 g/mol. The highest BCUT2D eigenvalue weighted by Crippen LogP contribution is 2.41. The van der Waals surface area contributed by atoms with Gasteiger partial charge in [0.2, 0.25) is 0 Å². The summed E-state index contributed by atoms with van der Waals surface area (Å²) in [5, 5.41) is 10.9. The Morgan fingerprint density at radius 3 is 2.50 bits per heavy atom. The van der Waals surface area contributed by atoms with Crippen molar-refractivity contribution < 1.29 is 9.72 Å². The average molecular weight is 346 g/mol. The minimum atomic E-state index is -0.431. The lowest BCUT2D eigenvalue weighted by atomic mass is 9.86. The van der Waals surface area contributed by atoms with Crippen molar-refractivity contribution in [2.45, 2.75) is 18.9 Å². The number of nitrogens with zero attached hydrogens (tertiary/aromatic N) is 2. The second kappa shape index (κ2) is 6.59. The van der Waals surface area contributed by atoms with Crippen LogP contribution in [-0.4, -0.2) is 16.9 Å². The molecule has 4 rings (SSSR count). The summed E-state index contributed by atoms with van der Waals surface area (Å²) < 4.78 is 0. The number of carbonyl (C=O) groups excluding carboxylic acids is 1. The third-order valence-corrected chi connectivity index (χ3v) is 5.01. The largest absolute Gasteiger partial charge is 0.301 e. The van der Waals surface area contributed by atoms with E-state index >= 15 is 0 Å². The fraction of sp³-hybridized carbons (Fsp3) is 0.190. The van der Waals surface area contributed by atoms with Gasteiger partial charge in [-0.1, -0.05) is 42.5 Å². The van der Waals surface area contributed by atoms with E-state index in [2.05, 4.69) is 12.2 Å². The number of allylic oxidation sites excluding steroid dienone is 1. The number of hydrogen-bond acceptors (Lipinski definition) is 3. The molecule has 0 bridgehead atoms. The van der Waals surface area contributed by atoms with E-state index in [0.29, 0.717) is 5.69 Å². The maximum absolute atomic E-state index is 13.2. The molecule has 1 aliphatic carbocycles. The Labute approximate surface area is 151 Å². The van der Waals surface area contributed by atoms with Gasteiger partial charge in [0, 0.05) is 29.3 Å². The Bertz CT molecular complexity index is 901. The molecule has 1 amide bonds. The van der Waals surface area contributed by atoms with Crippen LogP contribution in [0.3, 0.4) is 0 Å². The smallest absolute Gasteiger partial charge is 0.269 e. The number of amides is 1. The summed E-state index contributed by atoms with van der Waals surface area (Å²) in [5.41, 5.74) is 2.54. The third kappa shape index (κ3) is 2.81. The second-order valence-electron chi connectivity index (χ2n) is 6.56. The van der Waals surface area contributed by atoms with E-state index in [1.165, 1.54) is 12.1 Å². The van der Waals surface area contributed by atoms with Gasteiger partial charge < -0.3 is 4.90 Å². The summed E-state index contributed by atoms with van der Waals surface area (Å²) >= 11 is 0. The van der Waals surface area contributed by atoms with Crippen LogP contribution < -0.4 is 4.90 Å². The number of carbonyl (C=O) groups is 1. The van der Waals surface area contributed by atoms with E-state index in [4.69, 9.17) is 0 Å². The number of hydrogen-bond donors (Lipinski definition) is 0. The highest BCUT2D eigenvalue weighted by molar-refractivity contribution is 6.12. The average Bonchev–Trinajstić information content (AvgIpc) is 2.95. The minimum absolute atomic E-state index is 0.0238. The number of benzene rings is 2. The minimum Gasteiger partial charge on any atom is -0.301 e. The van der Waals surface area contributed by atoms with Crippen molar-refractivity contribution in [1.29, 1.82) is 0 Å². The van der Waals surface area contributed by atoms with Gasteiger partial charge in [0.05, 0.1) is 11.0 Å². The number of rotatable bonds is 3. The third-order valence-electron chi connectivity index (χ3n) is 5.01. The molecule has 2 aromatic rings. The van der Waals surface area contributed by atoms with Gasteiger partial charge in [-0.3, -0.25) is 14.9 Å². The van der Waals surface area contributed by atoms with Crippen LogP contribution in [-0.2, 0) is 4.79 Å². The predicted molar refractivity (Wildman–Crippen MR) is 101 cm³/mol. The summed E-state index contributed by atoms with van der Waals surface area (Å²) in [6.07, 6.45) is 8.05. The predicted octanol–water partition coefficient (Wildman–Crippen LogP) is 4.36. The molecule has 2 atom stereocenters. The maximum Gasteiger partial charge on any atom is 0.269 e. The maximum atomic E-state index is 13.2. The van der Waals surface area contributed by atoms with Gasteiger partial charge in [-0.15, -0.1) is 0 Å². The molecule has 2 aliphatic rings. The lowest BCUT2D eigenvalue weighted by molar-refractivity contribution is -0.384. The van der Waals surface area contributed by atoms with Gasteiger partial charge in [0.25, 0.3) is 11.6 Å². The van der Waals surface area contributed by atoms with Crippen LogP contribution in [0.5, 0.6) is 0 Å². The first kappa shape index (κ1) is 16.3. The molecule has 1 saturated heterocycles. The van der Waals surface area contributed by atoms with E-state index < -0.39 is 4.92 Å². The normalized spacial score (nSPS) is 23.3. The van der Waals surface area contributed by atoms with Crippen molar-refractivity contribution >= 4 is 23.4 Å². The molecule has 5 heteroatoms. The second-order valence-corrected chi connectivity index (χ2v) is 6.56. The molecule has 2 aromatic carbocycles. The van der Waals surface area contributed by atoms with Crippen molar-refractivity contribution in [3.05, 3.63) is 88.0 Å². The van der Waals surface area contributed by atoms with Crippen LogP contribution >= 0.6 is 0 Å². The molecule has 1 aliphatic heterocycles. The Morgan fingerprint density at radius 1 is 1.08 bits per heavy atom. The van der Waals surface area contributed by atoms with Crippen LogP contribution in [0.1, 0.15) is 18.4 Å². The zero-order chi connectivity index (χ0) is 18.1. The van der Waals surface area contributed by atoms with Gasteiger partial charge in [-0.05, 0) is 36.6 Å².